The number of isothiocyanates is 3. The number of ketones is 1. The van der Waals surface area contributed by atoms with Crippen LogP contribution in [0.4, 0.5) is 11.4 Å². The van der Waals surface area contributed by atoms with Crippen molar-refractivity contribution in [1.82, 2.24) is 0 Å². The van der Waals surface area contributed by atoms with Crippen LogP contribution in [0, 0.1) is 11.8 Å². The number of Topliss-reactive ketones (excluding diaryl/α,β-unsaturated/α-hetero) is 1. The summed E-state index contributed by atoms with van der Waals surface area (Å²) in [4.78, 5) is 23.0. The molecular weight excluding hydrogens is 467 g/mol. The van der Waals surface area contributed by atoms with Gasteiger partial charge in [0, 0.05) is 11.5 Å². The Bertz CT molecular complexity index is 994. The van der Waals surface area contributed by atoms with Crippen molar-refractivity contribution >= 4 is 69.3 Å². The first-order valence-electron chi connectivity index (χ1n) is 10.6. The highest BCUT2D eigenvalue weighted by Gasteiger charge is 2.09. The van der Waals surface area contributed by atoms with Gasteiger partial charge in [-0.25, -0.2) is 4.99 Å². The molecule has 0 radical (unpaired) electrons. The number of hydrogen-bond donors (Lipinski definition) is 0. The minimum atomic E-state index is 0.0230. The van der Waals surface area contributed by atoms with Gasteiger partial charge in [0.05, 0.1) is 33.4 Å². The molecule has 0 fully saturated rings. The Morgan fingerprint density at radius 1 is 0.758 bits per heavy atom. The summed E-state index contributed by atoms with van der Waals surface area (Å²) in [5.41, 5.74) is 3.62. The van der Waals surface area contributed by atoms with E-state index in [0.717, 1.165) is 17.9 Å². The number of benzene rings is 2. The molecule has 0 saturated heterocycles. The topological polar surface area (TPSA) is 54.1 Å². The summed E-state index contributed by atoms with van der Waals surface area (Å²) in [6, 6.07) is 15.1. The van der Waals surface area contributed by atoms with Gasteiger partial charge in [-0.3, -0.25) is 4.79 Å². The van der Waals surface area contributed by atoms with Gasteiger partial charge in [0.25, 0.3) is 0 Å². The van der Waals surface area contributed by atoms with E-state index in [0.29, 0.717) is 17.4 Å². The van der Waals surface area contributed by atoms with Gasteiger partial charge in [-0.15, -0.1) is 0 Å². The van der Waals surface area contributed by atoms with Crippen molar-refractivity contribution in [2.45, 2.75) is 47.5 Å². The minimum Gasteiger partial charge on any atom is -0.294 e. The van der Waals surface area contributed by atoms with Gasteiger partial charge in [0.15, 0.2) is 5.78 Å². The summed E-state index contributed by atoms with van der Waals surface area (Å²) in [6.45, 7) is 13.1. The summed E-state index contributed by atoms with van der Waals surface area (Å²) >= 11 is 13.3. The largest absolute Gasteiger partial charge is 0.294 e. The van der Waals surface area contributed by atoms with Crippen molar-refractivity contribution in [1.29, 1.82) is 0 Å². The second-order valence-corrected chi connectivity index (χ2v) is 8.59. The van der Waals surface area contributed by atoms with Gasteiger partial charge in [-0.2, -0.15) is 9.98 Å². The minimum absolute atomic E-state index is 0.0230. The van der Waals surface area contributed by atoms with E-state index in [1.165, 1.54) is 5.56 Å². The lowest BCUT2D eigenvalue weighted by Crippen LogP contribution is -2.06. The summed E-state index contributed by atoms with van der Waals surface area (Å²) in [6.07, 6.45) is 0. The molecule has 0 spiro atoms. The fraction of sp³-hybridized carbons (Fsp3) is 0.385. The monoisotopic (exact) mass is 497 g/mol. The van der Waals surface area contributed by atoms with Crippen LogP contribution in [0.2, 0.25) is 0 Å². The molecule has 174 valence electrons. The highest BCUT2D eigenvalue weighted by atomic mass is 32.1. The first-order valence-corrected chi connectivity index (χ1v) is 11.8. The Labute approximate surface area is 214 Å². The van der Waals surface area contributed by atoms with Gasteiger partial charge < -0.3 is 0 Å². The molecule has 2 aromatic rings. The van der Waals surface area contributed by atoms with E-state index < -0.39 is 0 Å². The Morgan fingerprint density at radius 2 is 1.21 bits per heavy atom. The summed E-state index contributed by atoms with van der Waals surface area (Å²) in [7, 11) is 0. The van der Waals surface area contributed by atoms with E-state index in [-0.39, 0.29) is 11.7 Å². The molecule has 0 aromatic heterocycles. The Morgan fingerprint density at radius 3 is 1.52 bits per heavy atom. The highest BCUT2D eigenvalue weighted by Crippen LogP contribution is 2.18. The maximum Gasteiger partial charge on any atom is 0.165 e. The van der Waals surface area contributed by atoms with Crippen LogP contribution in [0.25, 0.3) is 0 Å². The molecule has 0 saturated carbocycles. The molecule has 4 nitrogen and oxygen atoms in total. The van der Waals surface area contributed by atoms with Crippen molar-refractivity contribution < 1.29 is 4.79 Å². The molecule has 0 aliphatic rings. The lowest BCUT2D eigenvalue weighted by molar-refractivity contribution is 0.0939. The second-order valence-electron chi connectivity index (χ2n) is 8.04. The van der Waals surface area contributed by atoms with E-state index in [1.54, 1.807) is 24.3 Å². The fourth-order valence-corrected chi connectivity index (χ4v) is 2.58. The van der Waals surface area contributed by atoms with Crippen LogP contribution < -0.4 is 0 Å². The summed E-state index contributed by atoms with van der Waals surface area (Å²) in [5.74, 6) is 1.34. The number of rotatable bonds is 7. The van der Waals surface area contributed by atoms with Crippen LogP contribution in [0.15, 0.2) is 63.5 Å². The third-order valence-electron chi connectivity index (χ3n) is 4.11. The number of hydrogen-bond acceptors (Lipinski definition) is 7. The normalized spacial score (nSPS) is 9.36. The van der Waals surface area contributed by atoms with Crippen molar-refractivity contribution in [2.75, 3.05) is 6.54 Å². The van der Waals surface area contributed by atoms with Crippen molar-refractivity contribution in [3.8, 4) is 0 Å². The first-order chi connectivity index (χ1) is 15.7. The average molecular weight is 498 g/mol. The van der Waals surface area contributed by atoms with Gasteiger partial charge >= 0.3 is 0 Å². The van der Waals surface area contributed by atoms with Crippen LogP contribution in [-0.2, 0) is 0 Å². The number of nitrogens with zero attached hydrogens (tertiary/aromatic N) is 3. The molecule has 0 atom stereocenters. The summed E-state index contributed by atoms with van der Waals surface area (Å²) in [5, 5.41) is 6.93. The first kappa shape index (κ1) is 30.5. The number of carbonyl (C=O) groups excluding carboxylic acids is 1. The van der Waals surface area contributed by atoms with E-state index >= 15 is 0 Å². The average Bonchev–Trinajstić information content (AvgIpc) is 2.79. The van der Waals surface area contributed by atoms with Crippen molar-refractivity contribution in [3.05, 3.63) is 59.7 Å². The Balaban J connectivity index is 0.000000492. The standard InChI is InChI=1S/C11H11NOS.C10H11NS.C5H9NS/c1-8(2)11(13)9-3-5-10(6-4-9)12-7-14;1-8(2)9-3-5-10(6-4-9)11-7-12;1-5(2)3-6-4-7/h3-6,8H,1-2H3;3-6,8H,1-2H3;5H,3H2,1-2H3. The lowest BCUT2D eigenvalue weighted by Gasteiger charge is -2.03. The Kier molecular flexibility index (Phi) is 16.6. The fourth-order valence-electron chi connectivity index (χ4n) is 2.29. The molecule has 0 aliphatic heterocycles. The van der Waals surface area contributed by atoms with Crippen LogP contribution in [0.3, 0.4) is 0 Å². The molecule has 0 N–H and O–H groups in total. The van der Waals surface area contributed by atoms with E-state index in [2.05, 4.69) is 107 Å². The van der Waals surface area contributed by atoms with Crippen molar-refractivity contribution in [2.24, 2.45) is 26.8 Å². The maximum absolute atomic E-state index is 11.5. The predicted molar refractivity (Wildman–Crippen MR) is 150 cm³/mol. The molecule has 7 heteroatoms. The number of carbonyl (C=O) groups is 1. The second kappa shape index (κ2) is 18.0. The molecule has 2 rings (SSSR count). The molecule has 0 bridgehead atoms. The molecular formula is C26H31N3OS3. The Hall–Kier alpha value is -2.49. The molecule has 0 unspecified atom stereocenters. The van der Waals surface area contributed by atoms with Crippen LogP contribution >= 0.6 is 36.7 Å². The lowest BCUT2D eigenvalue weighted by atomic mass is 10.0. The van der Waals surface area contributed by atoms with Crippen LogP contribution in [-0.4, -0.2) is 27.8 Å². The maximum atomic E-state index is 11.5. The zero-order valence-corrected chi connectivity index (χ0v) is 22.5. The zero-order chi connectivity index (χ0) is 25.2. The van der Waals surface area contributed by atoms with Gasteiger partial charge in [-0.05, 0) is 90.5 Å². The third-order valence-corrected chi connectivity index (χ3v) is 4.42. The van der Waals surface area contributed by atoms with E-state index in [4.69, 9.17) is 0 Å². The van der Waals surface area contributed by atoms with Gasteiger partial charge in [0.2, 0.25) is 0 Å². The van der Waals surface area contributed by atoms with Gasteiger partial charge in [0.1, 0.15) is 0 Å². The predicted octanol–water partition coefficient (Wildman–Crippen LogP) is 8.55. The zero-order valence-electron chi connectivity index (χ0n) is 20.0. The summed E-state index contributed by atoms with van der Waals surface area (Å²) < 4.78 is 0. The molecule has 0 heterocycles. The smallest absolute Gasteiger partial charge is 0.165 e. The van der Waals surface area contributed by atoms with Crippen molar-refractivity contribution in [3.63, 3.8) is 0 Å². The van der Waals surface area contributed by atoms with Crippen LogP contribution in [0.5, 0.6) is 0 Å². The molecule has 0 amide bonds. The quantitative estimate of drug-likeness (QED) is 0.218. The van der Waals surface area contributed by atoms with E-state index in [1.807, 2.05) is 26.0 Å². The van der Waals surface area contributed by atoms with Gasteiger partial charge in [-0.1, -0.05) is 53.7 Å². The molecule has 2 aromatic carbocycles. The third kappa shape index (κ3) is 14.3. The SMILES string of the molecule is CC(C)C(=O)c1ccc(N=C=S)cc1.CC(C)CN=C=S.CC(C)c1ccc(N=C=S)cc1. The number of thiocarbonyl (C=S) groups is 3. The number of aliphatic imine (C=N–C) groups is 3. The van der Waals surface area contributed by atoms with Crippen LogP contribution in [0.1, 0.15) is 63.4 Å². The van der Waals surface area contributed by atoms with E-state index in [9.17, 15) is 4.79 Å². The molecule has 0 aliphatic carbocycles. The molecule has 33 heavy (non-hydrogen) atoms. The highest BCUT2D eigenvalue weighted by molar-refractivity contribution is 7.78.